The Morgan fingerprint density at radius 3 is 2.88 bits per heavy atom. The lowest BCUT2D eigenvalue weighted by molar-refractivity contribution is 0.595. The van der Waals surface area contributed by atoms with E-state index in [1.165, 1.54) is 6.07 Å². The van der Waals surface area contributed by atoms with Gasteiger partial charge in [0.05, 0.1) is 13.1 Å². The average Bonchev–Trinajstić information content (AvgIpc) is 3.20. The summed E-state index contributed by atoms with van der Waals surface area (Å²) in [5.41, 5.74) is 1.06. The largest absolute Gasteiger partial charge is 0.357 e. The minimum atomic E-state index is -0.174. The highest BCUT2D eigenvalue weighted by Gasteiger charge is 2.44. The molecule has 0 unspecified atom stereocenters. The number of nitrogens with zero attached hydrogens (tertiary/aromatic N) is 3. The SMILES string of the molecule is CCNC(=NCC1(c2cccc(F)c2)CC1)NCCn1cccn1. The van der Waals surface area contributed by atoms with Gasteiger partial charge < -0.3 is 10.6 Å². The van der Waals surface area contributed by atoms with Gasteiger partial charge in [0, 0.05) is 30.9 Å². The molecular weight excluding hydrogens is 305 g/mol. The zero-order valence-electron chi connectivity index (χ0n) is 14.0. The number of benzene rings is 1. The van der Waals surface area contributed by atoms with Crippen molar-refractivity contribution >= 4 is 5.96 Å². The van der Waals surface area contributed by atoms with E-state index in [1.807, 2.05) is 29.9 Å². The Kier molecular flexibility index (Phi) is 5.13. The molecule has 1 aliphatic carbocycles. The van der Waals surface area contributed by atoms with Crippen LogP contribution < -0.4 is 10.6 Å². The van der Waals surface area contributed by atoms with Crippen molar-refractivity contribution in [1.29, 1.82) is 0 Å². The normalized spacial score (nSPS) is 16.0. The molecule has 0 amide bonds. The molecule has 1 heterocycles. The molecule has 3 rings (SSSR count). The number of halogens is 1. The van der Waals surface area contributed by atoms with Crippen molar-refractivity contribution in [2.45, 2.75) is 31.7 Å². The molecule has 0 saturated heterocycles. The van der Waals surface area contributed by atoms with E-state index in [0.29, 0.717) is 6.54 Å². The van der Waals surface area contributed by atoms with E-state index in [9.17, 15) is 4.39 Å². The van der Waals surface area contributed by atoms with Crippen LogP contribution in [0, 0.1) is 5.82 Å². The third-order valence-corrected chi connectivity index (χ3v) is 4.37. The van der Waals surface area contributed by atoms with Gasteiger partial charge in [-0.25, -0.2) is 4.39 Å². The highest BCUT2D eigenvalue weighted by atomic mass is 19.1. The van der Waals surface area contributed by atoms with E-state index in [2.05, 4.69) is 15.7 Å². The Balaban J connectivity index is 1.59. The molecule has 6 heteroatoms. The molecule has 0 atom stereocenters. The van der Waals surface area contributed by atoms with Crippen LogP contribution in [0.3, 0.4) is 0 Å². The summed E-state index contributed by atoms with van der Waals surface area (Å²) >= 11 is 0. The van der Waals surface area contributed by atoms with Crippen molar-refractivity contribution in [2.24, 2.45) is 4.99 Å². The smallest absolute Gasteiger partial charge is 0.191 e. The fourth-order valence-electron chi connectivity index (χ4n) is 2.80. The lowest BCUT2D eigenvalue weighted by Gasteiger charge is -2.16. The van der Waals surface area contributed by atoms with Crippen molar-refractivity contribution in [3.05, 3.63) is 54.1 Å². The van der Waals surface area contributed by atoms with Crippen LogP contribution in [0.25, 0.3) is 0 Å². The first kappa shape index (κ1) is 16.5. The summed E-state index contributed by atoms with van der Waals surface area (Å²) in [7, 11) is 0. The molecule has 1 aliphatic rings. The topological polar surface area (TPSA) is 54.2 Å². The molecule has 1 fully saturated rings. The van der Waals surface area contributed by atoms with Gasteiger partial charge in [-0.15, -0.1) is 0 Å². The molecule has 0 spiro atoms. The second kappa shape index (κ2) is 7.47. The van der Waals surface area contributed by atoms with Crippen molar-refractivity contribution in [2.75, 3.05) is 19.6 Å². The lowest BCUT2D eigenvalue weighted by Crippen LogP contribution is -2.39. The number of rotatable bonds is 7. The first-order chi connectivity index (χ1) is 11.7. The Bertz CT molecular complexity index is 676. The van der Waals surface area contributed by atoms with E-state index in [-0.39, 0.29) is 11.2 Å². The van der Waals surface area contributed by atoms with Crippen LogP contribution in [0.1, 0.15) is 25.3 Å². The minimum Gasteiger partial charge on any atom is -0.357 e. The number of hydrogen-bond donors (Lipinski definition) is 2. The standard InChI is InChI=1S/C18H24FN5/c1-2-20-17(21-10-12-24-11-4-9-23-24)22-14-18(7-8-18)15-5-3-6-16(19)13-15/h3-6,9,11,13H,2,7-8,10,12,14H2,1H3,(H2,20,21,22). The summed E-state index contributed by atoms with van der Waals surface area (Å²) in [6, 6.07) is 8.82. The second-order valence-electron chi connectivity index (χ2n) is 6.18. The number of aliphatic imine (C=N–C) groups is 1. The molecule has 0 radical (unpaired) electrons. The van der Waals surface area contributed by atoms with Crippen molar-refractivity contribution in [3.63, 3.8) is 0 Å². The number of aromatic nitrogens is 2. The molecular formula is C18H24FN5. The summed E-state index contributed by atoms with van der Waals surface area (Å²) in [5.74, 6) is 0.624. The number of guanidine groups is 1. The van der Waals surface area contributed by atoms with Gasteiger partial charge in [0.1, 0.15) is 5.82 Å². The predicted octanol–water partition coefficient (Wildman–Crippen LogP) is 2.31. The highest BCUT2D eigenvalue weighted by Crippen LogP contribution is 2.48. The van der Waals surface area contributed by atoms with E-state index in [0.717, 1.165) is 44.0 Å². The monoisotopic (exact) mass is 329 g/mol. The summed E-state index contributed by atoms with van der Waals surface area (Å²) in [6.07, 6.45) is 5.84. The Morgan fingerprint density at radius 1 is 1.33 bits per heavy atom. The molecule has 128 valence electrons. The first-order valence-electron chi connectivity index (χ1n) is 8.47. The lowest BCUT2D eigenvalue weighted by atomic mass is 9.96. The Morgan fingerprint density at radius 2 is 2.21 bits per heavy atom. The molecule has 0 bridgehead atoms. The van der Waals surface area contributed by atoms with E-state index < -0.39 is 0 Å². The van der Waals surface area contributed by atoms with E-state index in [4.69, 9.17) is 4.99 Å². The maximum Gasteiger partial charge on any atom is 0.191 e. The van der Waals surface area contributed by atoms with Gasteiger partial charge in [-0.2, -0.15) is 5.10 Å². The number of hydrogen-bond acceptors (Lipinski definition) is 2. The molecule has 24 heavy (non-hydrogen) atoms. The average molecular weight is 329 g/mol. The van der Waals surface area contributed by atoms with Gasteiger partial charge in [0.15, 0.2) is 5.96 Å². The van der Waals surface area contributed by atoms with Crippen LogP contribution in [0.15, 0.2) is 47.7 Å². The van der Waals surface area contributed by atoms with Crippen LogP contribution >= 0.6 is 0 Å². The quantitative estimate of drug-likeness (QED) is 0.605. The van der Waals surface area contributed by atoms with E-state index >= 15 is 0 Å². The summed E-state index contributed by atoms with van der Waals surface area (Å²) in [6.45, 7) is 5.06. The van der Waals surface area contributed by atoms with Crippen LogP contribution in [-0.4, -0.2) is 35.4 Å². The zero-order valence-corrected chi connectivity index (χ0v) is 14.0. The summed E-state index contributed by atoms with van der Waals surface area (Å²) in [4.78, 5) is 4.71. The first-order valence-corrected chi connectivity index (χ1v) is 8.47. The second-order valence-corrected chi connectivity index (χ2v) is 6.18. The summed E-state index contributed by atoms with van der Waals surface area (Å²) in [5, 5.41) is 10.8. The van der Waals surface area contributed by atoms with Crippen LogP contribution in [0.2, 0.25) is 0 Å². The van der Waals surface area contributed by atoms with E-state index in [1.54, 1.807) is 18.3 Å². The maximum absolute atomic E-state index is 13.5. The Hall–Kier alpha value is -2.37. The van der Waals surface area contributed by atoms with Crippen molar-refractivity contribution in [1.82, 2.24) is 20.4 Å². The molecule has 0 aliphatic heterocycles. The third-order valence-electron chi connectivity index (χ3n) is 4.37. The van der Waals surface area contributed by atoms with Crippen molar-refractivity contribution < 1.29 is 4.39 Å². The fourth-order valence-corrected chi connectivity index (χ4v) is 2.80. The molecule has 5 nitrogen and oxygen atoms in total. The Labute approximate surface area is 142 Å². The minimum absolute atomic E-state index is 0.00638. The van der Waals surface area contributed by atoms with Crippen LogP contribution in [0.5, 0.6) is 0 Å². The molecule has 2 aromatic rings. The zero-order chi connectivity index (χ0) is 16.8. The highest BCUT2D eigenvalue weighted by molar-refractivity contribution is 5.79. The van der Waals surface area contributed by atoms with Crippen LogP contribution in [0.4, 0.5) is 4.39 Å². The molecule has 2 N–H and O–H groups in total. The van der Waals surface area contributed by atoms with Gasteiger partial charge in [-0.05, 0) is 43.5 Å². The maximum atomic E-state index is 13.5. The summed E-state index contributed by atoms with van der Waals surface area (Å²) < 4.78 is 15.4. The van der Waals surface area contributed by atoms with Crippen LogP contribution in [-0.2, 0) is 12.0 Å². The van der Waals surface area contributed by atoms with Gasteiger partial charge in [-0.1, -0.05) is 12.1 Å². The van der Waals surface area contributed by atoms with Gasteiger partial charge in [-0.3, -0.25) is 9.67 Å². The van der Waals surface area contributed by atoms with Gasteiger partial charge in [0.2, 0.25) is 0 Å². The number of nitrogens with one attached hydrogen (secondary N) is 2. The fraction of sp³-hybridized carbons (Fsp3) is 0.444. The predicted molar refractivity (Wildman–Crippen MR) is 93.5 cm³/mol. The third kappa shape index (κ3) is 4.13. The molecule has 1 aromatic carbocycles. The van der Waals surface area contributed by atoms with Gasteiger partial charge >= 0.3 is 0 Å². The van der Waals surface area contributed by atoms with Gasteiger partial charge in [0.25, 0.3) is 0 Å². The molecule has 1 aromatic heterocycles. The van der Waals surface area contributed by atoms with Crippen molar-refractivity contribution in [3.8, 4) is 0 Å². The molecule has 1 saturated carbocycles.